The minimum absolute atomic E-state index is 0.0211. The van der Waals surface area contributed by atoms with Gasteiger partial charge < -0.3 is 45.5 Å². The molecule has 40 heavy (non-hydrogen) atoms. The minimum Gasteiger partial charge on any atom is -0.369 e. The van der Waals surface area contributed by atoms with Crippen molar-refractivity contribution in [3.05, 3.63) is 29.8 Å². The van der Waals surface area contributed by atoms with Gasteiger partial charge in [0.1, 0.15) is 12.1 Å². The SMILES string of the molecule is C[C@H](NC(=O)[C@H](Cc1ccc(N(CCCl)CCCl)cc1)NC=O)C(=O)NCCCCC(O)(P(=O)(O)O)P(=O)(O)O. The summed E-state index contributed by atoms with van der Waals surface area (Å²) in [7, 11) is -11.1. The Balaban J connectivity index is 2.65. The average Bonchev–Trinajstić information content (AvgIpc) is 2.86. The fourth-order valence-corrected chi connectivity index (χ4v) is 6.32. The third-order valence-electron chi connectivity index (χ3n) is 5.96. The lowest BCUT2D eigenvalue weighted by molar-refractivity contribution is -0.130. The van der Waals surface area contributed by atoms with Crippen LogP contribution < -0.4 is 20.9 Å². The highest BCUT2D eigenvalue weighted by atomic mass is 35.5. The molecule has 0 radical (unpaired) electrons. The third-order valence-corrected chi connectivity index (χ3v) is 10.2. The van der Waals surface area contributed by atoms with Crippen LogP contribution in [0.4, 0.5) is 5.69 Å². The first kappa shape index (κ1) is 36.3. The predicted octanol–water partition coefficient (Wildman–Crippen LogP) is 0.420. The number of unbranched alkanes of at least 4 members (excludes halogenated alkanes) is 1. The Morgan fingerprint density at radius 1 is 1.00 bits per heavy atom. The van der Waals surface area contributed by atoms with Gasteiger partial charge in [0.2, 0.25) is 18.2 Å². The number of halogens is 2. The molecule has 1 aromatic carbocycles. The second-order valence-corrected chi connectivity index (χ2v) is 13.7. The number of nitrogens with zero attached hydrogens (tertiary/aromatic N) is 1. The molecule has 0 unspecified atom stereocenters. The first-order valence-electron chi connectivity index (χ1n) is 12.2. The van der Waals surface area contributed by atoms with Gasteiger partial charge in [-0.1, -0.05) is 12.1 Å². The summed E-state index contributed by atoms with van der Waals surface area (Å²) in [6.07, 6.45) is -0.587. The minimum atomic E-state index is -5.55. The number of carbonyl (C=O) groups excluding carboxylic acids is 3. The summed E-state index contributed by atoms with van der Waals surface area (Å²) in [5, 5.41) is 13.7. The Morgan fingerprint density at radius 3 is 2.02 bits per heavy atom. The number of hydrogen-bond donors (Lipinski definition) is 8. The van der Waals surface area contributed by atoms with E-state index in [1.54, 1.807) is 12.1 Å². The molecule has 0 aliphatic heterocycles. The zero-order valence-electron chi connectivity index (χ0n) is 21.8. The number of benzene rings is 1. The van der Waals surface area contributed by atoms with Crippen molar-refractivity contribution < 1.29 is 48.2 Å². The average molecular weight is 649 g/mol. The van der Waals surface area contributed by atoms with Crippen LogP contribution in [0.15, 0.2) is 24.3 Å². The van der Waals surface area contributed by atoms with E-state index >= 15 is 0 Å². The largest absolute Gasteiger partial charge is 0.369 e. The van der Waals surface area contributed by atoms with Crippen LogP contribution in [0, 0.1) is 0 Å². The molecule has 1 aromatic rings. The quantitative estimate of drug-likeness (QED) is 0.0444. The second kappa shape index (κ2) is 16.6. The van der Waals surface area contributed by atoms with Crippen molar-refractivity contribution in [3.8, 4) is 0 Å². The van der Waals surface area contributed by atoms with Gasteiger partial charge in [-0.15, -0.1) is 23.2 Å². The van der Waals surface area contributed by atoms with Crippen molar-refractivity contribution in [1.29, 1.82) is 0 Å². The predicted molar refractivity (Wildman–Crippen MR) is 150 cm³/mol. The van der Waals surface area contributed by atoms with Crippen molar-refractivity contribution in [1.82, 2.24) is 16.0 Å². The molecule has 0 saturated heterocycles. The van der Waals surface area contributed by atoms with Crippen LogP contribution in [-0.4, -0.2) is 91.5 Å². The lowest BCUT2D eigenvalue weighted by Gasteiger charge is -2.29. The zero-order valence-corrected chi connectivity index (χ0v) is 25.1. The van der Waals surface area contributed by atoms with E-state index in [1.807, 2.05) is 17.0 Å². The van der Waals surface area contributed by atoms with E-state index in [4.69, 9.17) is 42.8 Å². The Hall–Kier alpha value is -1.73. The third kappa shape index (κ3) is 10.9. The number of rotatable bonds is 19. The Morgan fingerprint density at radius 2 is 1.55 bits per heavy atom. The molecule has 0 spiro atoms. The monoisotopic (exact) mass is 648 g/mol. The van der Waals surface area contributed by atoms with Crippen molar-refractivity contribution in [3.63, 3.8) is 0 Å². The van der Waals surface area contributed by atoms with E-state index in [1.165, 1.54) is 6.92 Å². The topological polar surface area (TPSA) is 226 Å². The summed E-state index contributed by atoms with van der Waals surface area (Å²) in [4.78, 5) is 74.8. The molecular formula is C22H36Cl2N4O10P2. The van der Waals surface area contributed by atoms with Gasteiger partial charge in [0, 0.05) is 43.5 Å². The molecule has 0 saturated carbocycles. The van der Waals surface area contributed by atoms with E-state index in [0.717, 1.165) is 11.3 Å². The van der Waals surface area contributed by atoms with E-state index in [9.17, 15) is 28.6 Å². The van der Waals surface area contributed by atoms with Crippen LogP contribution in [-0.2, 0) is 29.9 Å². The molecule has 3 amide bonds. The highest BCUT2D eigenvalue weighted by Crippen LogP contribution is 2.69. The Bertz CT molecular complexity index is 1040. The lowest BCUT2D eigenvalue weighted by Crippen LogP contribution is -2.52. The molecule has 0 heterocycles. The Kier molecular flexibility index (Phi) is 15.1. The normalized spacial score (nSPS) is 13.7. The van der Waals surface area contributed by atoms with Crippen LogP contribution in [0.1, 0.15) is 31.7 Å². The fourth-order valence-electron chi connectivity index (χ4n) is 3.65. The van der Waals surface area contributed by atoms with Gasteiger partial charge in [-0.2, -0.15) is 0 Å². The van der Waals surface area contributed by atoms with Crippen LogP contribution in [0.2, 0.25) is 0 Å². The lowest BCUT2D eigenvalue weighted by atomic mass is 10.0. The number of nitrogens with one attached hydrogen (secondary N) is 3. The second-order valence-electron chi connectivity index (χ2n) is 8.91. The van der Waals surface area contributed by atoms with Crippen LogP contribution >= 0.6 is 38.4 Å². The summed E-state index contributed by atoms with van der Waals surface area (Å²) in [5.41, 5.74) is 1.64. The summed E-state index contributed by atoms with van der Waals surface area (Å²) in [5.74, 6) is -0.376. The van der Waals surface area contributed by atoms with Crippen LogP contribution in [0.5, 0.6) is 0 Å². The maximum Gasteiger partial charge on any atom is 0.369 e. The zero-order chi connectivity index (χ0) is 30.6. The summed E-state index contributed by atoms with van der Waals surface area (Å²) in [6.45, 7) is 2.55. The molecule has 18 heteroatoms. The first-order chi connectivity index (χ1) is 18.6. The van der Waals surface area contributed by atoms with Gasteiger partial charge in [0.25, 0.3) is 5.08 Å². The van der Waals surface area contributed by atoms with Crippen LogP contribution in [0.25, 0.3) is 0 Å². The molecule has 8 N–H and O–H groups in total. The Labute approximate surface area is 242 Å². The summed E-state index contributed by atoms with van der Waals surface area (Å²) < 4.78 is 22.8. The standard InChI is InChI=1S/C22H36Cl2N4O10P2/c1-16(20(30)25-11-3-2-8-22(32,39(33,34)35)40(36,37)38)27-21(31)19(26-15-29)14-17-4-6-18(7-5-17)28(12-9-23)13-10-24/h4-7,15-16,19,32H,2-3,8-14H2,1H3,(H,25,30)(H,26,29)(H,27,31)(H2,33,34,35)(H2,36,37,38)/t16-,19-/m0/s1. The maximum absolute atomic E-state index is 12.7. The molecule has 0 aliphatic carbocycles. The van der Waals surface area contributed by atoms with E-state index in [0.29, 0.717) is 31.3 Å². The summed E-state index contributed by atoms with van der Waals surface area (Å²) in [6, 6.07) is 5.30. The molecular weight excluding hydrogens is 613 g/mol. The number of amides is 3. The first-order valence-corrected chi connectivity index (χ1v) is 16.5. The molecule has 0 bridgehead atoms. The molecule has 14 nitrogen and oxygen atoms in total. The smallest absolute Gasteiger partial charge is 0.369 e. The van der Waals surface area contributed by atoms with E-state index in [2.05, 4.69) is 16.0 Å². The molecule has 228 valence electrons. The maximum atomic E-state index is 12.7. The number of carbonyl (C=O) groups is 3. The molecule has 2 atom stereocenters. The number of alkyl halides is 2. The molecule has 0 aromatic heterocycles. The molecule has 0 aliphatic rings. The highest BCUT2D eigenvalue weighted by molar-refractivity contribution is 7.72. The number of anilines is 1. The summed E-state index contributed by atoms with van der Waals surface area (Å²) >= 11 is 11.7. The van der Waals surface area contributed by atoms with Gasteiger partial charge in [-0.3, -0.25) is 23.5 Å². The van der Waals surface area contributed by atoms with Crippen molar-refractivity contribution >= 4 is 62.3 Å². The van der Waals surface area contributed by atoms with Gasteiger partial charge in [0.05, 0.1) is 0 Å². The van der Waals surface area contributed by atoms with Gasteiger partial charge in [-0.05, 0) is 43.9 Å². The highest BCUT2D eigenvalue weighted by Gasteiger charge is 2.58. The van der Waals surface area contributed by atoms with Crippen molar-refractivity contribution in [2.45, 2.75) is 49.8 Å². The number of hydrogen-bond acceptors (Lipinski definition) is 7. The fraction of sp³-hybridized carbons (Fsp3) is 0.591. The molecule has 1 rings (SSSR count). The van der Waals surface area contributed by atoms with Gasteiger partial charge >= 0.3 is 15.2 Å². The number of aliphatic hydroxyl groups is 1. The van der Waals surface area contributed by atoms with Crippen LogP contribution in [0.3, 0.4) is 0 Å². The van der Waals surface area contributed by atoms with Gasteiger partial charge in [-0.25, -0.2) is 0 Å². The van der Waals surface area contributed by atoms with Gasteiger partial charge in [0.15, 0.2) is 0 Å². The molecule has 0 fully saturated rings. The van der Waals surface area contributed by atoms with Crippen molar-refractivity contribution in [2.24, 2.45) is 0 Å². The van der Waals surface area contributed by atoms with E-state index < -0.39 is 50.6 Å². The van der Waals surface area contributed by atoms with E-state index in [-0.39, 0.29) is 25.8 Å². The van der Waals surface area contributed by atoms with Crippen molar-refractivity contribution in [2.75, 3.05) is 36.3 Å².